The van der Waals surface area contributed by atoms with Crippen molar-refractivity contribution in [1.82, 2.24) is 9.88 Å². The minimum Gasteiger partial charge on any atom is -0.335 e. The first-order valence-electron chi connectivity index (χ1n) is 9.42. The molecule has 0 atom stereocenters. The molecule has 0 unspecified atom stereocenters. The number of pyridine rings is 1. The molecule has 5 nitrogen and oxygen atoms in total. The van der Waals surface area contributed by atoms with Gasteiger partial charge in [-0.15, -0.1) is 0 Å². The summed E-state index contributed by atoms with van der Waals surface area (Å²) in [5.74, 6) is -0.000839. The number of aromatic amines is 1. The van der Waals surface area contributed by atoms with Crippen LogP contribution in [-0.2, 0) is 0 Å². The van der Waals surface area contributed by atoms with Gasteiger partial charge in [-0.05, 0) is 59.0 Å². The Morgan fingerprint density at radius 1 is 1.00 bits per heavy atom. The topological polar surface area (TPSA) is 77.0 Å². The van der Waals surface area contributed by atoms with Gasteiger partial charge in [0.25, 0.3) is 5.91 Å². The normalized spacial score (nSPS) is 13.5. The number of rotatable bonds is 3. The van der Waals surface area contributed by atoms with Crippen molar-refractivity contribution in [3.05, 3.63) is 100.0 Å². The standard InChI is InChI=1S/C24H19N3O2/c25-15-17-2-1-3-21(14-17)19-10-12-27(13-11-19)24(29)20-6-4-18(5-7-20)22-8-9-23(28)26-16-22/h1-10,14,16H,11-13H2,(H,26,28). The zero-order valence-corrected chi connectivity index (χ0v) is 15.8. The molecule has 1 aromatic heterocycles. The summed E-state index contributed by atoms with van der Waals surface area (Å²) < 4.78 is 0. The van der Waals surface area contributed by atoms with E-state index in [1.807, 2.05) is 47.4 Å². The summed E-state index contributed by atoms with van der Waals surface area (Å²) in [6, 6.07) is 20.4. The number of aromatic nitrogens is 1. The van der Waals surface area contributed by atoms with E-state index in [1.165, 1.54) is 11.6 Å². The molecular weight excluding hydrogens is 362 g/mol. The average Bonchev–Trinajstić information content (AvgIpc) is 2.79. The van der Waals surface area contributed by atoms with Gasteiger partial charge in [-0.2, -0.15) is 5.26 Å². The molecule has 142 valence electrons. The average molecular weight is 381 g/mol. The molecule has 4 rings (SSSR count). The minimum absolute atomic E-state index is 0.000839. The molecule has 0 fully saturated rings. The van der Waals surface area contributed by atoms with Crippen LogP contribution in [0.25, 0.3) is 16.7 Å². The second-order valence-corrected chi connectivity index (χ2v) is 6.94. The molecule has 0 spiro atoms. The van der Waals surface area contributed by atoms with Crippen LogP contribution in [0.2, 0.25) is 0 Å². The first-order chi connectivity index (χ1) is 14.1. The van der Waals surface area contributed by atoms with Crippen LogP contribution in [0.1, 0.15) is 27.9 Å². The largest absolute Gasteiger partial charge is 0.335 e. The van der Waals surface area contributed by atoms with E-state index in [9.17, 15) is 9.59 Å². The zero-order valence-electron chi connectivity index (χ0n) is 15.8. The third-order valence-electron chi connectivity index (χ3n) is 5.11. The summed E-state index contributed by atoms with van der Waals surface area (Å²) >= 11 is 0. The number of carbonyl (C=O) groups is 1. The third kappa shape index (κ3) is 4.02. The number of H-pyrrole nitrogens is 1. The van der Waals surface area contributed by atoms with Gasteiger partial charge in [0.05, 0.1) is 11.6 Å². The summed E-state index contributed by atoms with van der Waals surface area (Å²) in [7, 11) is 0. The summed E-state index contributed by atoms with van der Waals surface area (Å²) in [5.41, 5.74) is 5.19. The Morgan fingerprint density at radius 2 is 1.79 bits per heavy atom. The van der Waals surface area contributed by atoms with E-state index in [4.69, 9.17) is 5.26 Å². The van der Waals surface area contributed by atoms with E-state index in [2.05, 4.69) is 17.1 Å². The molecule has 0 bridgehead atoms. The smallest absolute Gasteiger partial charge is 0.254 e. The lowest BCUT2D eigenvalue weighted by molar-refractivity contribution is 0.0773. The monoisotopic (exact) mass is 381 g/mol. The third-order valence-corrected chi connectivity index (χ3v) is 5.11. The van der Waals surface area contributed by atoms with Crippen LogP contribution in [0.15, 0.2) is 77.7 Å². The molecule has 2 aromatic carbocycles. The van der Waals surface area contributed by atoms with E-state index in [-0.39, 0.29) is 11.5 Å². The highest BCUT2D eigenvalue weighted by molar-refractivity contribution is 5.95. The number of hydrogen-bond acceptors (Lipinski definition) is 3. The van der Waals surface area contributed by atoms with E-state index >= 15 is 0 Å². The maximum Gasteiger partial charge on any atom is 0.254 e. The second kappa shape index (κ2) is 7.99. The molecule has 3 aromatic rings. The van der Waals surface area contributed by atoms with E-state index in [1.54, 1.807) is 18.3 Å². The van der Waals surface area contributed by atoms with Gasteiger partial charge in [-0.25, -0.2) is 0 Å². The lowest BCUT2D eigenvalue weighted by atomic mass is 9.97. The lowest BCUT2D eigenvalue weighted by Gasteiger charge is -2.27. The molecule has 1 N–H and O–H groups in total. The Morgan fingerprint density at radius 3 is 2.45 bits per heavy atom. The van der Waals surface area contributed by atoms with Crippen LogP contribution in [0, 0.1) is 11.3 Å². The van der Waals surface area contributed by atoms with Gasteiger partial charge in [-0.1, -0.05) is 30.3 Å². The molecule has 2 heterocycles. The zero-order chi connectivity index (χ0) is 20.2. The van der Waals surface area contributed by atoms with E-state index in [0.717, 1.165) is 23.1 Å². The number of carbonyl (C=O) groups excluding carboxylic acids is 1. The molecule has 0 saturated carbocycles. The quantitative estimate of drug-likeness (QED) is 0.749. The number of benzene rings is 2. The molecule has 1 amide bonds. The van der Waals surface area contributed by atoms with Crippen LogP contribution < -0.4 is 5.56 Å². The Hall–Kier alpha value is -3.91. The lowest BCUT2D eigenvalue weighted by Crippen LogP contribution is -2.34. The predicted octanol–water partition coefficient (Wildman–Crippen LogP) is 3.84. The van der Waals surface area contributed by atoms with Crippen LogP contribution in [0.4, 0.5) is 0 Å². The fourth-order valence-corrected chi connectivity index (χ4v) is 3.48. The molecule has 5 heteroatoms. The number of nitrogens with one attached hydrogen (secondary N) is 1. The number of nitriles is 1. The fraction of sp³-hybridized carbons (Fsp3) is 0.125. The van der Waals surface area contributed by atoms with Gasteiger partial charge in [0, 0.05) is 30.9 Å². The highest BCUT2D eigenvalue weighted by Crippen LogP contribution is 2.24. The summed E-state index contributed by atoms with van der Waals surface area (Å²) in [6.45, 7) is 1.19. The van der Waals surface area contributed by atoms with Crippen LogP contribution in [0.3, 0.4) is 0 Å². The first-order valence-corrected chi connectivity index (χ1v) is 9.42. The molecule has 1 aliphatic rings. The van der Waals surface area contributed by atoms with Crippen LogP contribution >= 0.6 is 0 Å². The molecule has 0 radical (unpaired) electrons. The summed E-state index contributed by atoms with van der Waals surface area (Å²) in [5, 5.41) is 9.07. The Bertz CT molecular complexity index is 1160. The van der Waals surface area contributed by atoms with Gasteiger partial charge >= 0.3 is 0 Å². The van der Waals surface area contributed by atoms with Crippen molar-refractivity contribution < 1.29 is 4.79 Å². The van der Waals surface area contributed by atoms with E-state index in [0.29, 0.717) is 24.2 Å². The van der Waals surface area contributed by atoms with E-state index < -0.39 is 0 Å². The summed E-state index contributed by atoms with van der Waals surface area (Å²) in [6.07, 6.45) is 4.49. The predicted molar refractivity (Wildman–Crippen MR) is 112 cm³/mol. The van der Waals surface area contributed by atoms with Crippen molar-refractivity contribution in [2.45, 2.75) is 6.42 Å². The number of amides is 1. The Balaban J connectivity index is 1.46. The van der Waals surface area contributed by atoms with Crippen molar-refractivity contribution in [2.75, 3.05) is 13.1 Å². The van der Waals surface area contributed by atoms with Crippen molar-refractivity contribution in [2.24, 2.45) is 0 Å². The first kappa shape index (κ1) is 18.5. The van der Waals surface area contributed by atoms with Crippen molar-refractivity contribution >= 4 is 11.5 Å². The Labute approximate surface area is 168 Å². The SMILES string of the molecule is N#Cc1cccc(C2=CCN(C(=O)c3ccc(-c4ccc(=O)[nH]c4)cc3)CC2)c1. The van der Waals surface area contributed by atoms with Crippen molar-refractivity contribution in [3.63, 3.8) is 0 Å². The van der Waals surface area contributed by atoms with Gasteiger partial charge in [0.2, 0.25) is 5.56 Å². The highest BCUT2D eigenvalue weighted by atomic mass is 16.2. The summed E-state index contributed by atoms with van der Waals surface area (Å²) in [4.78, 5) is 28.5. The molecular formula is C24H19N3O2. The fourth-order valence-electron chi connectivity index (χ4n) is 3.48. The molecule has 29 heavy (non-hydrogen) atoms. The molecule has 0 saturated heterocycles. The molecule has 0 aliphatic carbocycles. The van der Waals surface area contributed by atoms with Crippen LogP contribution in [-0.4, -0.2) is 28.9 Å². The van der Waals surface area contributed by atoms with Gasteiger partial charge < -0.3 is 9.88 Å². The highest BCUT2D eigenvalue weighted by Gasteiger charge is 2.19. The Kier molecular flexibility index (Phi) is 5.08. The van der Waals surface area contributed by atoms with Gasteiger partial charge in [0.15, 0.2) is 0 Å². The van der Waals surface area contributed by atoms with Crippen molar-refractivity contribution in [1.29, 1.82) is 5.26 Å². The number of nitrogens with zero attached hydrogens (tertiary/aromatic N) is 2. The maximum absolute atomic E-state index is 12.8. The van der Waals surface area contributed by atoms with Crippen molar-refractivity contribution in [3.8, 4) is 17.2 Å². The minimum atomic E-state index is -0.141. The second-order valence-electron chi connectivity index (χ2n) is 6.94. The van der Waals surface area contributed by atoms with Gasteiger partial charge in [-0.3, -0.25) is 9.59 Å². The maximum atomic E-state index is 12.8. The van der Waals surface area contributed by atoms with Gasteiger partial charge in [0.1, 0.15) is 0 Å². The molecule has 1 aliphatic heterocycles. The number of hydrogen-bond donors (Lipinski definition) is 1. The van der Waals surface area contributed by atoms with Crippen LogP contribution in [0.5, 0.6) is 0 Å².